The molecular weight excluding hydrogens is 337 g/mol. The van der Waals surface area contributed by atoms with Crippen molar-refractivity contribution in [1.82, 2.24) is 19.5 Å². The zero-order chi connectivity index (χ0) is 12.3. The van der Waals surface area contributed by atoms with Crippen LogP contribution in [0.15, 0.2) is 12.7 Å². The number of aromatic nitrogens is 4. The second kappa shape index (κ2) is 5.56. The predicted molar refractivity (Wildman–Crippen MR) is 70.0 cm³/mol. The van der Waals surface area contributed by atoms with Gasteiger partial charge in [0.25, 0.3) is 0 Å². The van der Waals surface area contributed by atoms with Crippen LogP contribution in [0.1, 0.15) is 13.3 Å². The highest BCUT2D eigenvalue weighted by atomic mass is 127. The molecule has 0 fully saturated rings. The largest absolute Gasteiger partial charge is 0.382 e. The third-order valence-electron chi connectivity index (χ3n) is 2.41. The second-order valence-electron chi connectivity index (χ2n) is 3.63. The minimum absolute atomic E-state index is 0.00327. The maximum Gasteiger partial charge on any atom is 0.165 e. The van der Waals surface area contributed by atoms with Gasteiger partial charge in [-0.3, -0.25) is 0 Å². The van der Waals surface area contributed by atoms with Crippen molar-refractivity contribution < 1.29 is 8.10 Å². The summed E-state index contributed by atoms with van der Waals surface area (Å²) < 4.78 is 6.50. The molecule has 0 aliphatic carbocycles. The van der Waals surface area contributed by atoms with Gasteiger partial charge in [0.1, 0.15) is 11.8 Å². The van der Waals surface area contributed by atoms with Crippen LogP contribution in [0, 0.1) is 0 Å². The molecule has 0 aliphatic heterocycles. The lowest BCUT2D eigenvalue weighted by atomic mass is 10.3. The third kappa shape index (κ3) is 2.82. The standard InChI is InChI=1S/C9H12IN5O2/c1-6(16-17-10)2-3-15-5-14-7-8(11)12-4-13-9(7)15/h4-6H,2-3H2,1H3,(H2,11,12,13). The SMILES string of the molecule is CC(CCn1cnc2c(N)ncnc21)OOI. The zero-order valence-electron chi connectivity index (χ0n) is 9.21. The van der Waals surface area contributed by atoms with E-state index in [1.165, 1.54) is 6.33 Å². The normalized spacial score (nSPS) is 13.1. The molecule has 0 amide bonds. The molecule has 0 bridgehead atoms. The number of nitrogens with zero attached hydrogens (tertiary/aromatic N) is 4. The Kier molecular flexibility index (Phi) is 4.07. The summed E-state index contributed by atoms with van der Waals surface area (Å²) in [6.07, 6.45) is 3.93. The summed E-state index contributed by atoms with van der Waals surface area (Å²) in [6, 6.07) is 0. The van der Waals surface area contributed by atoms with Crippen molar-refractivity contribution in [3.8, 4) is 0 Å². The Morgan fingerprint density at radius 1 is 1.47 bits per heavy atom. The summed E-state index contributed by atoms with van der Waals surface area (Å²) in [7, 11) is 0. The van der Waals surface area contributed by atoms with Gasteiger partial charge in [0, 0.05) is 6.54 Å². The first-order valence-corrected chi connectivity index (χ1v) is 5.96. The highest BCUT2D eigenvalue weighted by Crippen LogP contribution is 2.15. The number of aryl methyl sites for hydroxylation is 1. The molecule has 0 radical (unpaired) electrons. The number of rotatable bonds is 5. The Morgan fingerprint density at radius 2 is 2.29 bits per heavy atom. The molecule has 2 aromatic rings. The number of hydrogen-bond donors (Lipinski definition) is 1. The number of anilines is 1. The van der Waals surface area contributed by atoms with Crippen molar-refractivity contribution >= 4 is 40.0 Å². The van der Waals surface area contributed by atoms with Crippen LogP contribution >= 0.6 is 23.0 Å². The van der Waals surface area contributed by atoms with Crippen molar-refractivity contribution in [2.75, 3.05) is 5.73 Å². The van der Waals surface area contributed by atoms with Gasteiger partial charge in [-0.2, -0.15) is 3.22 Å². The molecule has 2 heterocycles. The van der Waals surface area contributed by atoms with Crippen molar-refractivity contribution in [3.05, 3.63) is 12.7 Å². The topological polar surface area (TPSA) is 88.1 Å². The molecule has 1 unspecified atom stereocenters. The molecular formula is C9H12IN5O2. The number of imidazole rings is 1. The van der Waals surface area contributed by atoms with Crippen molar-refractivity contribution in [1.29, 1.82) is 0 Å². The van der Waals surface area contributed by atoms with E-state index in [2.05, 4.69) is 18.2 Å². The molecule has 1 atom stereocenters. The van der Waals surface area contributed by atoms with Gasteiger partial charge in [0.2, 0.25) is 0 Å². The quantitative estimate of drug-likeness (QED) is 0.500. The fraction of sp³-hybridized carbons (Fsp3) is 0.444. The van der Waals surface area contributed by atoms with E-state index in [0.29, 0.717) is 11.3 Å². The van der Waals surface area contributed by atoms with E-state index in [1.807, 2.05) is 11.5 Å². The number of halogens is 1. The summed E-state index contributed by atoms with van der Waals surface area (Å²) >= 11 is 1.70. The summed E-state index contributed by atoms with van der Waals surface area (Å²) in [6.45, 7) is 2.66. The van der Waals surface area contributed by atoms with Crippen LogP contribution in [-0.2, 0) is 14.6 Å². The van der Waals surface area contributed by atoms with Gasteiger partial charge < -0.3 is 10.3 Å². The van der Waals surface area contributed by atoms with E-state index in [0.717, 1.165) is 18.6 Å². The van der Waals surface area contributed by atoms with Gasteiger partial charge in [-0.15, -0.1) is 0 Å². The average molecular weight is 349 g/mol. The van der Waals surface area contributed by atoms with E-state index in [1.54, 1.807) is 29.3 Å². The predicted octanol–water partition coefficient (Wildman–Crippen LogP) is 1.49. The molecule has 2 rings (SSSR count). The molecule has 0 aliphatic rings. The number of fused-ring (bicyclic) bond motifs is 1. The van der Waals surface area contributed by atoms with E-state index >= 15 is 0 Å². The van der Waals surface area contributed by atoms with E-state index in [4.69, 9.17) is 10.6 Å². The number of nitrogen functional groups attached to an aromatic ring is 1. The Balaban J connectivity index is 2.12. The van der Waals surface area contributed by atoms with Crippen molar-refractivity contribution in [2.45, 2.75) is 26.0 Å². The zero-order valence-corrected chi connectivity index (χ0v) is 11.4. The fourth-order valence-electron chi connectivity index (χ4n) is 1.49. The van der Waals surface area contributed by atoms with Gasteiger partial charge in [-0.05, 0) is 13.3 Å². The van der Waals surface area contributed by atoms with Gasteiger partial charge >= 0.3 is 0 Å². The summed E-state index contributed by atoms with van der Waals surface area (Å²) in [5.41, 5.74) is 7.07. The van der Waals surface area contributed by atoms with Crippen molar-refractivity contribution in [2.24, 2.45) is 0 Å². The number of hydrogen-bond acceptors (Lipinski definition) is 6. The lowest BCUT2D eigenvalue weighted by molar-refractivity contribution is -0.205. The van der Waals surface area contributed by atoms with Crippen LogP contribution in [-0.4, -0.2) is 25.6 Å². The van der Waals surface area contributed by atoms with Crippen molar-refractivity contribution in [3.63, 3.8) is 0 Å². The highest BCUT2D eigenvalue weighted by Gasteiger charge is 2.09. The summed E-state index contributed by atoms with van der Waals surface area (Å²) in [4.78, 5) is 17.2. The Morgan fingerprint density at radius 3 is 3.06 bits per heavy atom. The minimum Gasteiger partial charge on any atom is -0.382 e. The third-order valence-corrected chi connectivity index (χ3v) is 2.61. The van der Waals surface area contributed by atoms with Crippen LogP contribution in [0.25, 0.3) is 11.2 Å². The van der Waals surface area contributed by atoms with Crippen LogP contribution in [0.5, 0.6) is 0 Å². The van der Waals surface area contributed by atoms with E-state index in [9.17, 15) is 0 Å². The van der Waals surface area contributed by atoms with Crippen LogP contribution in [0.2, 0.25) is 0 Å². The van der Waals surface area contributed by atoms with E-state index in [-0.39, 0.29) is 6.10 Å². The molecule has 92 valence electrons. The second-order valence-corrected chi connectivity index (χ2v) is 3.99. The molecule has 0 aromatic carbocycles. The first-order valence-electron chi connectivity index (χ1n) is 5.07. The molecule has 17 heavy (non-hydrogen) atoms. The van der Waals surface area contributed by atoms with Crippen LogP contribution < -0.4 is 5.73 Å². The molecule has 0 spiro atoms. The maximum absolute atomic E-state index is 5.70. The summed E-state index contributed by atoms with van der Waals surface area (Å²) in [5.74, 6) is 0.397. The molecule has 2 N–H and O–H groups in total. The molecule has 7 nitrogen and oxygen atoms in total. The molecule has 2 aromatic heterocycles. The highest BCUT2D eigenvalue weighted by molar-refractivity contribution is 14.1. The fourth-order valence-corrected chi connectivity index (χ4v) is 1.85. The lowest BCUT2D eigenvalue weighted by Crippen LogP contribution is -2.10. The summed E-state index contributed by atoms with van der Waals surface area (Å²) in [5, 5.41) is 0. The first-order chi connectivity index (χ1) is 8.22. The van der Waals surface area contributed by atoms with E-state index < -0.39 is 0 Å². The van der Waals surface area contributed by atoms with Gasteiger partial charge in [-0.1, -0.05) is 0 Å². The molecule has 0 saturated carbocycles. The first kappa shape index (κ1) is 12.5. The minimum atomic E-state index is 0.00327. The molecule has 8 heteroatoms. The average Bonchev–Trinajstić information content (AvgIpc) is 2.72. The van der Waals surface area contributed by atoms with Crippen LogP contribution in [0.3, 0.4) is 0 Å². The molecule has 0 saturated heterocycles. The monoisotopic (exact) mass is 349 g/mol. The Hall–Kier alpha value is -1.00. The number of nitrogens with two attached hydrogens (primary N) is 1. The van der Waals surface area contributed by atoms with Gasteiger partial charge in [-0.25, -0.2) is 19.8 Å². The van der Waals surface area contributed by atoms with Gasteiger partial charge in [0.15, 0.2) is 34.5 Å². The van der Waals surface area contributed by atoms with Gasteiger partial charge in [0.05, 0.1) is 12.4 Å². The Bertz CT molecular complexity index is 503. The smallest absolute Gasteiger partial charge is 0.165 e. The lowest BCUT2D eigenvalue weighted by Gasteiger charge is -2.09. The Labute approximate surface area is 112 Å². The van der Waals surface area contributed by atoms with Crippen LogP contribution in [0.4, 0.5) is 5.82 Å². The maximum atomic E-state index is 5.70.